The van der Waals surface area contributed by atoms with Gasteiger partial charge in [0.05, 0.1) is 5.41 Å². The van der Waals surface area contributed by atoms with Crippen LogP contribution in [-0.2, 0) is 10.8 Å². The van der Waals surface area contributed by atoms with E-state index in [0.717, 1.165) is 5.56 Å². The molecule has 16 rings (SSSR count). The Hall–Kier alpha value is -9.88. The summed E-state index contributed by atoms with van der Waals surface area (Å²) in [7, 11) is 0. The SMILES string of the molecule is CC1(C)c2ccccc2-c2ccc(C(=Cc3cc(-c4ccccc4)c4c(c3)c(-c3ccc(-c5cccc6c5-c5ccccc5C65c6ccccc6-c6ccccc65)cc3-c3ccccc3)cc3ccccc34)c3ccccc3)cc21. The third-order valence-electron chi connectivity index (χ3n) is 18.1. The van der Waals surface area contributed by atoms with Crippen LogP contribution in [0.3, 0.4) is 0 Å². The molecular weight excluding hydrogens is 961 g/mol. The normalized spacial score (nSPS) is 13.9. The van der Waals surface area contributed by atoms with Crippen molar-refractivity contribution >= 4 is 33.2 Å². The Morgan fingerprint density at radius 3 is 1.51 bits per heavy atom. The summed E-state index contributed by atoms with van der Waals surface area (Å²) in [5, 5.41) is 4.92. The lowest BCUT2D eigenvalue weighted by molar-refractivity contribution is 0.660. The molecular formula is C80H54. The highest BCUT2D eigenvalue weighted by Crippen LogP contribution is 2.64. The zero-order chi connectivity index (χ0) is 53.1. The van der Waals surface area contributed by atoms with Crippen LogP contribution in [0.1, 0.15) is 63.9 Å². The smallest absolute Gasteiger partial charge is 0.0622 e. The summed E-state index contributed by atoms with van der Waals surface area (Å²) in [4.78, 5) is 0. The molecule has 0 heterocycles. The molecule has 0 radical (unpaired) electrons. The second-order valence-electron chi connectivity index (χ2n) is 22.6. The topological polar surface area (TPSA) is 0 Å². The van der Waals surface area contributed by atoms with Gasteiger partial charge in [0.2, 0.25) is 0 Å². The van der Waals surface area contributed by atoms with Gasteiger partial charge in [-0.15, -0.1) is 0 Å². The van der Waals surface area contributed by atoms with Crippen molar-refractivity contribution in [1.82, 2.24) is 0 Å². The van der Waals surface area contributed by atoms with Gasteiger partial charge in [-0.2, -0.15) is 0 Å². The molecule has 13 aromatic carbocycles. The summed E-state index contributed by atoms with van der Waals surface area (Å²) in [5.74, 6) is 0. The molecule has 13 aromatic rings. The molecule has 0 amide bonds. The van der Waals surface area contributed by atoms with Crippen LogP contribution in [-0.4, -0.2) is 0 Å². The molecule has 0 aliphatic heterocycles. The number of hydrogen-bond donors (Lipinski definition) is 0. The second kappa shape index (κ2) is 17.8. The van der Waals surface area contributed by atoms with Crippen LogP contribution < -0.4 is 0 Å². The molecule has 80 heavy (non-hydrogen) atoms. The third-order valence-corrected chi connectivity index (χ3v) is 18.1. The van der Waals surface area contributed by atoms with Gasteiger partial charge in [0.25, 0.3) is 0 Å². The molecule has 0 atom stereocenters. The first-order valence-electron chi connectivity index (χ1n) is 28.1. The molecule has 3 aliphatic rings. The van der Waals surface area contributed by atoms with Crippen molar-refractivity contribution in [2.75, 3.05) is 0 Å². The lowest BCUT2D eigenvalue weighted by Crippen LogP contribution is -2.25. The number of hydrogen-bond acceptors (Lipinski definition) is 0. The van der Waals surface area contributed by atoms with Crippen molar-refractivity contribution in [3.63, 3.8) is 0 Å². The standard InChI is InChI=1S/C80H54/c1-79(2)71-36-18-14-31-61(71)64-44-42-57(50-76(64)79)66(52-23-6-3-7-24-52)45-51-46-68(54-27-10-5-11-28-54)77-58-30-13-12-29-55(58)49-69(70(77)47-51)60-43-41-56(48-67(60)53-25-8-4-9-26-53)59-35-22-40-75-78(59)65-34-17-21-39-74(65)80(75)72-37-19-15-32-62(72)63-33-16-20-38-73(63)80/h3-50H,1-2H3. The molecule has 0 nitrogen and oxygen atoms in total. The number of rotatable bonds is 7. The van der Waals surface area contributed by atoms with Gasteiger partial charge in [0, 0.05) is 5.41 Å². The van der Waals surface area contributed by atoms with E-state index < -0.39 is 5.41 Å². The minimum atomic E-state index is -0.423. The highest BCUT2D eigenvalue weighted by molar-refractivity contribution is 6.21. The Morgan fingerprint density at radius 2 is 0.812 bits per heavy atom. The fourth-order valence-corrected chi connectivity index (χ4v) is 14.6. The van der Waals surface area contributed by atoms with Crippen molar-refractivity contribution in [3.8, 4) is 77.9 Å². The Kier molecular flexibility index (Phi) is 10.3. The van der Waals surface area contributed by atoms with E-state index in [1.54, 1.807) is 0 Å². The van der Waals surface area contributed by atoms with Crippen LogP contribution in [0.15, 0.2) is 285 Å². The van der Waals surface area contributed by atoms with Crippen LogP contribution >= 0.6 is 0 Å². The molecule has 0 heteroatoms. The zero-order valence-electron chi connectivity index (χ0n) is 44.7. The van der Waals surface area contributed by atoms with E-state index in [1.165, 1.54) is 150 Å². The molecule has 0 saturated heterocycles. The zero-order valence-corrected chi connectivity index (χ0v) is 44.7. The first-order valence-corrected chi connectivity index (χ1v) is 28.1. The van der Waals surface area contributed by atoms with E-state index in [0.29, 0.717) is 0 Å². The maximum atomic E-state index is 2.48. The fourth-order valence-electron chi connectivity index (χ4n) is 14.6. The van der Waals surface area contributed by atoms with Gasteiger partial charge in [-0.05, 0) is 191 Å². The third kappa shape index (κ3) is 6.76. The van der Waals surface area contributed by atoms with Crippen LogP contribution in [0.25, 0.3) is 111 Å². The maximum Gasteiger partial charge on any atom is 0.0725 e. The molecule has 0 saturated carbocycles. The van der Waals surface area contributed by atoms with Gasteiger partial charge in [-0.25, -0.2) is 0 Å². The Balaban J connectivity index is 0.943. The highest BCUT2D eigenvalue weighted by Gasteiger charge is 2.52. The second-order valence-corrected chi connectivity index (χ2v) is 22.6. The molecule has 0 aromatic heterocycles. The van der Waals surface area contributed by atoms with Gasteiger partial charge >= 0.3 is 0 Å². The molecule has 0 N–H and O–H groups in total. The van der Waals surface area contributed by atoms with Crippen molar-refractivity contribution < 1.29 is 0 Å². The number of benzene rings is 13. The lowest BCUT2D eigenvalue weighted by atomic mass is 9.70. The molecule has 0 bridgehead atoms. The largest absolute Gasteiger partial charge is 0.0725 e. The summed E-state index contributed by atoms with van der Waals surface area (Å²) < 4.78 is 0. The lowest BCUT2D eigenvalue weighted by Gasteiger charge is -2.30. The number of fused-ring (bicyclic) bond motifs is 16. The van der Waals surface area contributed by atoms with Crippen LogP contribution in [0, 0.1) is 0 Å². The Labute approximate surface area is 468 Å². The van der Waals surface area contributed by atoms with E-state index in [1.807, 2.05) is 0 Å². The van der Waals surface area contributed by atoms with Crippen LogP contribution in [0.5, 0.6) is 0 Å². The van der Waals surface area contributed by atoms with Crippen molar-refractivity contribution in [3.05, 3.63) is 335 Å². The van der Waals surface area contributed by atoms with Gasteiger partial charge in [0.1, 0.15) is 0 Å². The molecule has 1 spiro atoms. The minimum absolute atomic E-state index is 0.128. The average molecular weight is 1020 g/mol. The molecule has 0 fully saturated rings. The van der Waals surface area contributed by atoms with E-state index in [2.05, 4.69) is 305 Å². The van der Waals surface area contributed by atoms with Crippen LogP contribution in [0.4, 0.5) is 0 Å². The van der Waals surface area contributed by atoms with E-state index in [4.69, 9.17) is 0 Å². The Morgan fingerprint density at radius 1 is 0.287 bits per heavy atom. The average Bonchev–Trinajstić information content (AvgIpc) is 4.30. The monoisotopic (exact) mass is 1010 g/mol. The summed E-state index contributed by atoms with van der Waals surface area (Å²) in [6.07, 6.45) is 2.44. The van der Waals surface area contributed by atoms with Gasteiger partial charge in [0.15, 0.2) is 0 Å². The first kappa shape index (κ1) is 46.2. The van der Waals surface area contributed by atoms with Gasteiger partial charge in [-0.3, -0.25) is 0 Å². The van der Waals surface area contributed by atoms with Gasteiger partial charge < -0.3 is 0 Å². The Bertz CT molecular complexity index is 4660. The van der Waals surface area contributed by atoms with E-state index >= 15 is 0 Å². The first-order chi connectivity index (χ1) is 39.4. The quantitative estimate of drug-likeness (QED) is 0.110. The molecule has 3 aliphatic carbocycles. The van der Waals surface area contributed by atoms with Crippen molar-refractivity contribution in [2.45, 2.75) is 24.7 Å². The molecule has 374 valence electrons. The summed E-state index contributed by atoms with van der Waals surface area (Å²) in [5.41, 5.74) is 29.9. The fraction of sp³-hybridized carbons (Fsp3) is 0.0500. The predicted molar refractivity (Wildman–Crippen MR) is 337 cm³/mol. The summed E-state index contributed by atoms with van der Waals surface area (Å²) in [6, 6.07) is 107. The van der Waals surface area contributed by atoms with E-state index in [-0.39, 0.29) is 5.41 Å². The summed E-state index contributed by atoms with van der Waals surface area (Å²) >= 11 is 0. The summed E-state index contributed by atoms with van der Waals surface area (Å²) in [6.45, 7) is 4.75. The van der Waals surface area contributed by atoms with E-state index in [9.17, 15) is 0 Å². The minimum Gasteiger partial charge on any atom is -0.0622 e. The molecule has 0 unspecified atom stereocenters. The van der Waals surface area contributed by atoms with Crippen molar-refractivity contribution in [2.24, 2.45) is 0 Å². The maximum absolute atomic E-state index is 2.48. The van der Waals surface area contributed by atoms with Crippen molar-refractivity contribution in [1.29, 1.82) is 0 Å². The van der Waals surface area contributed by atoms with Crippen LogP contribution in [0.2, 0.25) is 0 Å². The van der Waals surface area contributed by atoms with Gasteiger partial charge in [-0.1, -0.05) is 269 Å². The predicted octanol–water partition coefficient (Wildman–Crippen LogP) is 20.9. The highest BCUT2D eigenvalue weighted by atomic mass is 14.5.